The molecule has 7 heteroatoms. The quantitative estimate of drug-likeness (QED) is 0.642. The summed E-state index contributed by atoms with van der Waals surface area (Å²) < 4.78 is 4.86. The monoisotopic (exact) mass is 296 g/mol. The van der Waals surface area contributed by atoms with E-state index in [1.807, 2.05) is 0 Å². The lowest BCUT2D eigenvalue weighted by Crippen LogP contribution is -2.14. The lowest BCUT2D eigenvalue weighted by Gasteiger charge is -2.12. The highest BCUT2D eigenvalue weighted by atomic mass is 16.5. The Morgan fingerprint density at radius 1 is 1.24 bits per heavy atom. The van der Waals surface area contributed by atoms with Crippen molar-refractivity contribution in [3.05, 3.63) is 34.9 Å². The zero-order valence-electron chi connectivity index (χ0n) is 11.4. The number of carbonyl (C=O) groups is 3. The maximum absolute atomic E-state index is 11.8. The van der Waals surface area contributed by atoms with Crippen molar-refractivity contribution in [3.63, 3.8) is 0 Å². The molecule has 1 atom stereocenters. The normalized spacial score (nSPS) is 11.7. The van der Waals surface area contributed by atoms with Crippen LogP contribution in [0.4, 0.5) is 0 Å². The Morgan fingerprint density at radius 3 is 2.43 bits per heavy atom. The van der Waals surface area contributed by atoms with Crippen LogP contribution >= 0.6 is 0 Å². The van der Waals surface area contributed by atoms with E-state index >= 15 is 0 Å². The number of aliphatic carboxylic acids is 2. The van der Waals surface area contributed by atoms with Gasteiger partial charge >= 0.3 is 17.9 Å². The molecule has 7 nitrogen and oxygen atoms in total. The fraction of sp³-hybridized carbons (Fsp3) is 0.357. The van der Waals surface area contributed by atoms with Crippen LogP contribution in [0.25, 0.3) is 0 Å². The van der Waals surface area contributed by atoms with Crippen molar-refractivity contribution in [2.24, 2.45) is 0 Å². The fourth-order valence-electron chi connectivity index (χ4n) is 1.78. The van der Waals surface area contributed by atoms with Crippen molar-refractivity contribution in [1.29, 1.82) is 0 Å². The zero-order chi connectivity index (χ0) is 16.0. The van der Waals surface area contributed by atoms with E-state index < -0.39 is 24.0 Å². The molecule has 1 aromatic rings. The summed E-state index contributed by atoms with van der Waals surface area (Å²) in [5.41, 5.74) is 0.573. The predicted molar refractivity (Wildman–Crippen MR) is 71.0 cm³/mol. The first kappa shape index (κ1) is 16.6. The van der Waals surface area contributed by atoms with Crippen LogP contribution in [0.3, 0.4) is 0 Å². The number of benzene rings is 1. The van der Waals surface area contributed by atoms with Gasteiger partial charge in [0.2, 0.25) is 0 Å². The van der Waals surface area contributed by atoms with Gasteiger partial charge in [-0.1, -0.05) is 12.1 Å². The van der Waals surface area contributed by atoms with Crippen molar-refractivity contribution >= 4 is 17.9 Å². The van der Waals surface area contributed by atoms with Crippen molar-refractivity contribution in [3.8, 4) is 0 Å². The number of aliphatic hydroxyl groups excluding tert-OH is 1. The van der Waals surface area contributed by atoms with Crippen LogP contribution in [-0.4, -0.2) is 39.8 Å². The summed E-state index contributed by atoms with van der Waals surface area (Å²) >= 11 is 0. The first-order valence-electron chi connectivity index (χ1n) is 6.29. The highest BCUT2D eigenvalue weighted by molar-refractivity contribution is 5.91. The molecular formula is C14H16O7. The van der Waals surface area contributed by atoms with Gasteiger partial charge in [-0.2, -0.15) is 0 Å². The van der Waals surface area contributed by atoms with E-state index in [4.69, 9.17) is 14.9 Å². The smallest absolute Gasteiger partial charge is 0.338 e. The van der Waals surface area contributed by atoms with Crippen LogP contribution < -0.4 is 0 Å². The third-order valence-electron chi connectivity index (χ3n) is 2.78. The van der Waals surface area contributed by atoms with Crippen LogP contribution in [0, 0.1) is 0 Å². The van der Waals surface area contributed by atoms with E-state index in [9.17, 15) is 19.5 Å². The lowest BCUT2D eigenvalue weighted by atomic mass is 9.97. The van der Waals surface area contributed by atoms with E-state index in [1.54, 1.807) is 6.92 Å². The topological polar surface area (TPSA) is 121 Å². The molecule has 0 aromatic heterocycles. The average molecular weight is 296 g/mol. The van der Waals surface area contributed by atoms with Gasteiger partial charge in [0, 0.05) is 6.42 Å². The maximum atomic E-state index is 11.8. The molecule has 3 N–H and O–H groups in total. The fourth-order valence-corrected chi connectivity index (χ4v) is 1.78. The summed E-state index contributed by atoms with van der Waals surface area (Å²) in [6.45, 7) is 1.80. The molecule has 0 saturated carbocycles. The van der Waals surface area contributed by atoms with Crippen molar-refractivity contribution in [2.45, 2.75) is 25.9 Å². The molecule has 0 amide bonds. The Labute approximate surface area is 120 Å². The molecule has 21 heavy (non-hydrogen) atoms. The van der Waals surface area contributed by atoms with Crippen molar-refractivity contribution < 1.29 is 34.4 Å². The third kappa shape index (κ3) is 4.57. The van der Waals surface area contributed by atoms with E-state index in [0.717, 1.165) is 0 Å². The summed E-state index contributed by atoms with van der Waals surface area (Å²) in [5, 5.41) is 27.0. The van der Waals surface area contributed by atoms with Crippen LogP contribution in [0.15, 0.2) is 18.2 Å². The highest BCUT2D eigenvalue weighted by Gasteiger charge is 2.20. The van der Waals surface area contributed by atoms with Gasteiger partial charge in [-0.3, -0.25) is 4.79 Å². The van der Waals surface area contributed by atoms with Gasteiger partial charge in [0.25, 0.3) is 0 Å². The van der Waals surface area contributed by atoms with Crippen LogP contribution in [0.1, 0.15) is 40.9 Å². The summed E-state index contributed by atoms with van der Waals surface area (Å²) in [5.74, 6) is -3.09. The molecule has 0 aliphatic rings. The van der Waals surface area contributed by atoms with Crippen molar-refractivity contribution in [2.75, 3.05) is 6.61 Å². The van der Waals surface area contributed by atoms with Crippen LogP contribution in [0.2, 0.25) is 0 Å². The van der Waals surface area contributed by atoms with Gasteiger partial charge in [0.15, 0.2) is 6.10 Å². The Kier molecular flexibility index (Phi) is 5.86. The van der Waals surface area contributed by atoms with Crippen molar-refractivity contribution in [1.82, 2.24) is 0 Å². The predicted octanol–water partition coefficient (Wildman–Crippen LogP) is 0.998. The maximum Gasteiger partial charge on any atom is 0.338 e. The van der Waals surface area contributed by atoms with Gasteiger partial charge < -0.3 is 20.1 Å². The molecule has 1 unspecified atom stereocenters. The lowest BCUT2D eigenvalue weighted by molar-refractivity contribution is -0.147. The van der Waals surface area contributed by atoms with Crippen LogP contribution in [-0.2, 0) is 20.7 Å². The van der Waals surface area contributed by atoms with Gasteiger partial charge in [-0.15, -0.1) is 0 Å². The number of carboxylic acids is 2. The Morgan fingerprint density at radius 2 is 1.90 bits per heavy atom. The minimum Gasteiger partial charge on any atom is -0.481 e. The average Bonchev–Trinajstić information content (AvgIpc) is 2.44. The van der Waals surface area contributed by atoms with Gasteiger partial charge in [-0.25, -0.2) is 9.59 Å². The van der Waals surface area contributed by atoms with E-state index in [2.05, 4.69) is 0 Å². The number of aliphatic hydroxyl groups is 1. The SMILES string of the molecule is CCOC(=O)c1ccc(C(O)C(=O)O)cc1CCC(=O)O. The Bertz CT molecular complexity index is 550. The summed E-state index contributed by atoms with van der Waals surface area (Å²) in [4.78, 5) is 33.2. The third-order valence-corrected chi connectivity index (χ3v) is 2.78. The number of carbonyl (C=O) groups excluding carboxylic acids is 1. The molecule has 114 valence electrons. The largest absolute Gasteiger partial charge is 0.481 e. The molecule has 0 spiro atoms. The molecule has 0 bridgehead atoms. The standard InChI is InChI=1S/C14H16O7/c1-2-21-14(20)10-5-3-9(12(17)13(18)19)7-8(10)4-6-11(15)16/h3,5,7,12,17H,2,4,6H2,1H3,(H,15,16)(H,18,19). The number of rotatable bonds is 7. The number of aryl methyl sites for hydroxylation is 1. The molecule has 0 aliphatic heterocycles. The summed E-state index contributed by atoms with van der Waals surface area (Å²) in [7, 11) is 0. The Balaban J connectivity index is 3.15. The van der Waals surface area contributed by atoms with E-state index in [1.165, 1.54) is 18.2 Å². The molecule has 0 heterocycles. The van der Waals surface area contributed by atoms with E-state index in [-0.39, 0.29) is 30.6 Å². The summed E-state index contributed by atoms with van der Waals surface area (Å²) in [6.07, 6.45) is -1.92. The number of hydrogen-bond acceptors (Lipinski definition) is 5. The first-order chi connectivity index (χ1) is 9.86. The minimum atomic E-state index is -1.73. The second-order valence-electron chi connectivity index (χ2n) is 4.27. The second-order valence-corrected chi connectivity index (χ2v) is 4.27. The van der Waals surface area contributed by atoms with E-state index in [0.29, 0.717) is 5.56 Å². The molecule has 0 fully saturated rings. The minimum absolute atomic E-state index is 0.0314. The zero-order valence-corrected chi connectivity index (χ0v) is 11.4. The molecule has 0 aliphatic carbocycles. The molecule has 0 radical (unpaired) electrons. The van der Waals surface area contributed by atoms with Gasteiger partial charge in [-0.05, 0) is 30.5 Å². The number of ether oxygens (including phenoxy) is 1. The van der Waals surface area contributed by atoms with Gasteiger partial charge in [0.1, 0.15) is 0 Å². The number of carboxylic acid groups (broad SMARTS) is 2. The summed E-state index contributed by atoms with van der Waals surface area (Å²) in [6, 6.07) is 3.94. The molecule has 0 saturated heterocycles. The van der Waals surface area contributed by atoms with Crippen LogP contribution in [0.5, 0.6) is 0 Å². The molecule has 1 aromatic carbocycles. The highest BCUT2D eigenvalue weighted by Crippen LogP contribution is 2.20. The Hall–Kier alpha value is -2.41. The molecular weight excluding hydrogens is 280 g/mol. The first-order valence-corrected chi connectivity index (χ1v) is 6.29. The second kappa shape index (κ2) is 7.39. The van der Waals surface area contributed by atoms with Gasteiger partial charge in [0.05, 0.1) is 12.2 Å². The number of hydrogen-bond donors (Lipinski definition) is 3. The number of esters is 1. The molecule has 1 rings (SSSR count).